The minimum atomic E-state index is -0.270. The Bertz CT molecular complexity index is 278. The van der Waals surface area contributed by atoms with E-state index in [1.807, 2.05) is 0 Å². The third-order valence-electron chi connectivity index (χ3n) is 4.69. The number of carbonyl (C=O) groups excluding carboxylic acids is 1. The lowest BCUT2D eigenvalue weighted by Crippen LogP contribution is -2.48. The maximum Gasteiger partial charge on any atom is 0.227 e. The van der Waals surface area contributed by atoms with Gasteiger partial charge in [-0.15, -0.1) is 0 Å². The van der Waals surface area contributed by atoms with Crippen molar-refractivity contribution in [1.82, 2.24) is 5.32 Å². The first kappa shape index (κ1) is 13.9. The van der Waals surface area contributed by atoms with Crippen molar-refractivity contribution in [3.05, 3.63) is 0 Å². The van der Waals surface area contributed by atoms with Gasteiger partial charge in [-0.2, -0.15) is 0 Å². The van der Waals surface area contributed by atoms with E-state index in [-0.39, 0.29) is 11.3 Å². The molecule has 0 aromatic carbocycles. The molecule has 0 saturated heterocycles. The fraction of sp³-hybridized carbons (Fsp3) is 0.933. The van der Waals surface area contributed by atoms with Gasteiger partial charge in [0.05, 0.1) is 5.41 Å². The summed E-state index contributed by atoms with van der Waals surface area (Å²) in [5.41, 5.74) is 5.67. The van der Waals surface area contributed by atoms with Crippen LogP contribution in [0.5, 0.6) is 0 Å². The van der Waals surface area contributed by atoms with Crippen LogP contribution in [0.4, 0.5) is 0 Å². The molecule has 0 radical (unpaired) electrons. The highest BCUT2D eigenvalue weighted by atomic mass is 16.2. The van der Waals surface area contributed by atoms with Gasteiger partial charge in [0, 0.05) is 12.6 Å². The van der Waals surface area contributed by atoms with Crippen LogP contribution in [-0.4, -0.2) is 18.5 Å². The van der Waals surface area contributed by atoms with Crippen LogP contribution in [0, 0.1) is 11.3 Å². The highest BCUT2D eigenvalue weighted by Gasteiger charge is 2.38. The summed E-state index contributed by atoms with van der Waals surface area (Å²) in [5, 5.41) is 3.22. The quantitative estimate of drug-likeness (QED) is 0.739. The van der Waals surface area contributed by atoms with Crippen molar-refractivity contribution in [2.75, 3.05) is 6.54 Å². The number of amides is 1. The number of hydrogen-bond donors (Lipinski definition) is 2. The summed E-state index contributed by atoms with van der Waals surface area (Å²) in [6, 6.07) is 0.316. The number of nitrogens with two attached hydrogens (primary N) is 1. The van der Waals surface area contributed by atoms with Gasteiger partial charge in [0.15, 0.2) is 0 Å². The molecule has 0 aromatic rings. The fourth-order valence-electron chi connectivity index (χ4n) is 3.22. The van der Waals surface area contributed by atoms with Gasteiger partial charge in [-0.25, -0.2) is 0 Å². The number of rotatable bonds is 5. The van der Waals surface area contributed by atoms with Crippen molar-refractivity contribution in [3.63, 3.8) is 0 Å². The SMILES string of the molecule is CC(CC1CC1)NC(=O)C1(CN)CCCCCC1. The van der Waals surface area contributed by atoms with Crippen molar-refractivity contribution in [2.45, 2.75) is 70.8 Å². The highest BCUT2D eigenvalue weighted by Crippen LogP contribution is 2.36. The van der Waals surface area contributed by atoms with Gasteiger partial charge in [-0.3, -0.25) is 4.79 Å². The van der Waals surface area contributed by atoms with E-state index in [9.17, 15) is 4.79 Å². The lowest BCUT2D eigenvalue weighted by atomic mass is 9.79. The molecule has 2 fully saturated rings. The van der Waals surface area contributed by atoms with Crippen LogP contribution in [-0.2, 0) is 4.79 Å². The summed E-state index contributed by atoms with van der Waals surface area (Å²) in [5.74, 6) is 1.09. The predicted octanol–water partition coefficient (Wildman–Crippen LogP) is 2.59. The van der Waals surface area contributed by atoms with Crippen LogP contribution in [0.15, 0.2) is 0 Å². The van der Waals surface area contributed by atoms with Crippen molar-refractivity contribution in [3.8, 4) is 0 Å². The lowest BCUT2D eigenvalue weighted by Gasteiger charge is -2.31. The zero-order valence-corrected chi connectivity index (χ0v) is 11.7. The summed E-state index contributed by atoms with van der Waals surface area (Å²) in [6.07, 6.45) is 10.6. The van der Waals surface area contributed by atoms with Crippen molar-refractivity contribution >= 4 is 5.91 Å². The molecule has 0 heterocycles. The molecule has 3 N–H and O–H groups in total. The van der Waals surface area contributed by atoms with Crippen molar-refractivity contribution in [1.29, 1.82) is 0 Å². The third-order valence-corrected chi connectivity index (χ3v) is 4.69. The molecule has 18 heavy (non-hydrogen) atoms. The van der Waals surface area contributed by atoms with Crippen LogP contribution in [0.1, 0.15) is 64.7 Å². The molecule has 0 aromatic heterocycles. The fourth-order valence-corrected chi connectivity index (χ4v) is 3.22. The number of hydrogen-bond acceptors (Lipinski definition) is 2. The molecule has 0 aliphatic heterocycles. The summed E-state index contributed by atoms with van der Waals surface area (Å²) in [4.78, 5) is 12.5. The second-order valence-electron chi connectivity index (χ2n) is 6.45. The normalized spacial score (nSPS) is 25.2. The molecular weight excluding hydrogens is 224 g/mol. The first-order chi connectivity index (χ1) is 8.66. The third kappa shape index (κ3) is 3.47. The van der Waals surface area contributed by atoms with Gasteiger partial charge >= 0.3 is 0 Å². The Kier molecular flexibility index (Phi) is 4.66. The predicted molar refractivity (Wildman–Crippen MR) is 74.1 cm³/mol. The molecule has 2 aliphatic rings. The van der Waals surface area contributed by atoms with E-state index in [1.165, 1.54) is 25.7 Å². The van der Waals surface area contributed by atoms with E-state index in [2.05, 4.69) is 12.2 Å². The summed E-state index contributed by atoms with van der Waals surface area (Å²) >= 11 is 0. The molecule has 104 valence electrons. The lowest BCUT2D eigenvalue weighted by molar-refractivity contribution is -0.132. The van der Waals surface area contributed by atoms with E-state index < -0.39 is 0 Å². The molecule has 0 spiro atoms. The molecule has 1 amide bonds. The minimum Gasteiger partial charge on any atom is -0.353 e. The average molecular weight is 252 g/mol. The van der Waals surface area contributed by atoms with Crippen LogP contribution in [0.2, 0.25) is 0 Å². The van der Waals surface area contributed by atoms with E-state index in [4.69, 9.17) is 5.73 Å². The van der Waals surface area contributed by atoms with Gasteiger partial charge in [-0.05, 0) is 32.1 Å². The van der Waals surface area contributed by atoms with Gasteiger partial charge in [0.1, 0.15) is 0 Å². The van der Waals surface area contributed by atoms with Crippen molar-refractivity contribution in [2.24, 2.45) is 17.1 Å². The molecule has 3 nitrogen and oxygen atoms in total. The molecule has 2 rings (SSSR count). The highest BCUT2D eigenvalue weighted by molar-refractivity contribution is 5.83. The molecule has 2 aliphatic carbocycles. The average Bonchev–Trinajstić information content (AvgIpc) is 3.14. The van der Waals surface area contributed by atoms with Crippen molar-refractivity contribution < 1.29 is 4.79 Å². The monoisotopic (exact) mass is 252 g/mol. The Morgan fingerprint density at radius 3 is 2.39 bits per heavy atom. The minimum absolute atomic E-state index is 0.222. The number of nitrogens with one attached hydrogen (secondary N) is 1. The van der Waals surface area contributed by atoms with E-state index in [1.54, 1.807) is 0 Å². The first-order valence-electron chi connectivity index (χ1n) is 7.67. The van der Waals surface area contributed by atoms with E-state index >= 15 is 0 Å². The maximum absolute atomic E-state index is 12.5. The summed E-state index contributed by atoms with van der Waals surface area (Å²) in [6.45, 7) is 2.64. The summed E-state index contributed by atoms with van der Waals surface area (Å²) in [7, 11) is 0. The molecule has 1 atom stereocenters. The zero-order valence-electron chi connectivity index (χ0n) is 11.7. The Morgan fingerprint density at radius 1 is 1.28 bits per heavy atom. The largest absolute Gasteiger partial charge is 0.353 e. The molecule has 3 heteroatoms. The topological polar surface area (TPSA) is 55.1 Å². The van der Waals surface area contributed by atoms with Crippen LogP contribution < -0.4 is 11.1 Å². The summed E-state index contributed by atoms with van der Waals surface area (Å²) < 4.78 is 0. The second-order valence-corrected chi connectivity index (χ2v) is 6.45. The maximum atomic E-state index is 12.5. The van der Waals surface area contributed by atoms with E-state index in [0.29, 0.717) is 12.6 Å². The standard InChI is InChI=1S/C15H28N2O/c1-12(10-13-6-7-13)17-14(18)15(11-16)8-4-2-3-5-9-15/h12-13H,2-11,16H2,1H3,(H,17,18). The Balaban J connectivity index is 1.90. The zero-order chi connectivity index (χ0) is 13.0. The van der Waals surface area contributed by atoms with Crippen LogP contribution >= 0.6 is 0 Å². The first-order valence-corrected chi connectivity index (χ1v) is 7.67. The van der Waals surface area contributed by atoms with Gasteiger partial charge in [0.2, 0.25) is 5.91 Å². The molecule has 1 unspecified atom stereocenters. The Labute approximate surface area is 111 Å². The van der Waals surface area contributed by atoms with E-state index in [0.717, 1.165) is 38.0 Å². The van der Waals surface area contributed by atoms with Gasteiger partial charge < -0.3 is 11.1 Å². The Morgan fingerprint density at radius 2 is 1.89 bits per heavy atom. The molecular formula is C15H28N2O. The van der Waals surface area contributed by atoms with Gasteiger partial charge in [-0.1, -0.05) is 38.5 Å². The Hall–Kier alpha value is -0.570. The van der Waals surface area contributed by atoms with Crippen LogP contribution in [0.3, 0.4) is 0 Å². The number of carbonyl (C=O) groups is 1. The molecule has 2 saturated carbocycles. The second kappa shape index (κ2) is 6.05. The van der Waals surface area contributed by atoms with Gasteiger partial charge in [0.25, 0.3) is 0 Å². The molecule has 0 bridgehead atoms. The smallest absolute Gasteiger partial charge is 0.227 e. The van der Waals surface area contributed by atoms with Crippen LogP contribution in [0.25, 0.3) is 0 Å².